The quantitative estimate of drug-likeness (QED) is 0.250. The maximum Gasteiger partial charge on any atom is 0.159 e. The third-order valence-electron chi connectivity index (χ3n) is 3.67. The summed E-state index contributed by atoms with van der Waals surface area (Å²) in [5, 5.41) is 0. The molecule has 0 aromatic rings. The van der Waals surface area contributed by atoms with Crippen molar-refractivity contribution in [2.45, 2.75) is 53.4 Å². The summed E-state index contributed by atoms with van der Waals surface area (Å²) in [6.45, 7) is 23.2. The number of ketones is 2. The van der Waals surface area contributed by atoms with Crippen molar-refractivity contribution in [1.29, 1.82) is 0 Å². The van der Waals surface area contributed by atoms with Gasteiger partial charge in [0.15, 0.2) is 5.78 Å². The van der Waals surface area contributed by atoms with Gasteiger partial charge in [-0.25, -0.2) is 0 Å². The number of carbonyl (C=O) groups excluding carboxylic acids is 2. The van der Waals surface area contributed by atoms with Gasteiger partial charge in [0.2, 0.25) is 0 Å². The molecule has 0 fully saturated rings. The van der Waals surface area contributed by atoms with Gasteiger partial charge in [0.05, 0.1) is 5.70 Å². The molecule has 3 heteroatoms. The predicted octanol–water partition coefficient (Wildman–Crippen LogP) is 5.87. The van der Waals surface area contributed by atoms with Crippen LogP contribution < -0.4 is 0 Å². The van der Waals surface area contributed by atoms with Crippen molar-refractivity contribution in [2.24, 2.45) is 4.99 Å². The summed E-state index contributed by atoms with van der Waals surface area (Å²) in [7, 11) is 0. The fourth-order valence-electron chi connectivity index (χ4n) is 2.14. The molecule has 0 aromatic heterocycles. The summed E-state index contributed by atoms with van der Waals surface area (Å²) in [5.74, 6) is -0.113. The first-order valence-electron chi connectivity index (χ1n) is 8.77. The second kappa shape index (κ2) is 11.9. The molecule has 0 N–H and O–H groups in total. The van der Waals surface area contributed by atoms with Crippen LogP contribution in [0.1, 0.15) is 53.4 Å². The van der Waals surface area contributed by atoms with E-state index >= 15 is 0 Å². The summed E-state index contributed by atoms with van der Waals surface area (Å²) in [6.07, 6.45) is 7.02. The molecule has 0 unspecified atom stereocenters. The van der Waals surface area contributed by atoms with Gasteiger partial charge in [-0.3, -0.25) is 9.79 Å². The van der Waals surface area contributed by atoms with E-state index in [1.807, 2.05) is 32.9 Å². The SMILES string of the molecule is C=C(C)C=NC(C(=C)CC)=C(C=CC)C(=C)CC(=C)C(=O)CCC(C)=O. The lowest BCUT2D eigenvalue weighted by Crippen LogP contribution is -2.06. The average molecular weight is 354 g/mol. The molecule has 0 saturated heterocycles. The molecule has 0 bridgehead atoms. The minimum absolute atomic E-state index is 0.00450. The molecule has 0 radical (unpaired) electrons. The maximum atomic E-state index is 12.2. The van der Waals surface area contributed by atoms with Crippen molar-refractivity contribution in [2.75, 3.05) is 0 Å². The Balaban J connectivity index is 5.66. The number of Topliss-reactive ketones (excluding diaryl/α,β-unsaturated/α-hetero) is 2. The van der Waals surface area contributed by atoms with Crippen molar-refractivity contribution < 1.29 is 9.59 Å². The highest BCUT2D eigenvalue weighted by Gasteiger charge is 2.14. The smallest absolute Gasteiger partial charge is 0.159 e. The van der Waals surface area contributed by atoms with E-state index in [2.05, 4.69) is 31.3 Å². The lowest BCUT2D eigenvalue weighted by Gasteiger charge is -2.14. The summed E-state index contributed by atoms with van der Waals surface area (Å²) < 4.78 is 0. The Morgan fingerprint density at radius 3 is 2.04 bits per heavy atom. The molecule has 0 aliphatic heterocycles. The van der Waals surface area contributed by atoms with Crippen LogP contribution in [0, 0.1) is 0 Å². The number of aliphatic imine (C=N–C) groups is 1. The predicted molar refractivity (Wildman–Crippen MR) is 112 cm³/mol. The van der Waals surface area contributed by atoms with Gasteiger partial charge in [0, 0.05) is 31.1 Å². The van der Waals surface area contributed by atoms with Crippen molar-refractivity contribution >= 4 is 17.8 Å². The minimum Gasteiger partial charge on any atom is -0.300 e. The maximum absolute atomic E-state index is 12.2. The Morgan fingerprint density at radius 1 is 0.962 bits per heavy atom. The monoisotopic (exact) mass is 353 g/mol. The molecule has 0 saturated carbocycles. The molecular formula is C23H31NO2. The Bertz CT molecular complexity index is 700. The number of hydrogen-bond acceptors (Lipinski definition) is 3. The lowest BCUT2D eigenvalue weighted by molar-refractivity contribution is -0.121. The van der Waals surface area contributed by atoms with Crippen LogP contribution in [0.5, 0.6) is 0 Å². The number of nitrogens with zero attached hydrogens (tertiary/aromatic N) is 1. The topological polar surface area (TPSA) is 46.5 Å². The zero-order valence-electron chi connectivity index (χ0n) is 16.7. The van der Waals surface area contributed by atoms with Crippen LogP contribution in [0.3, 0.4) is 0 Å². The van der Waals surface area contributed by atoms with Crippen LogP contribution in [-0.2, 0) is 9.59 Å². The number of hydrogen-bond donors (Lipinski definition) is 0. The highest BCUT2D eigenvalue weighted by molar-refractivity contribution is 5.97. The molecule has 0 aromatic carbocycles. The fraction of sp³-hybridized carbons (Fsp3) is 0.348. The summed E-state index contributed by atoms with van der Waals surface area (Å²) in [5.41, 5.74) is 4.47. The third kappa shape index (κ3) is 8.52. The molecule has 0 spiro atoms. The van der Waals surface area contributed by atoms with Crippen molar-refractivity contribution in [3.63, 3.8) is 0 Å². The van der Waals surface area contributed by atoms with E-state index < -0.39 is 0 Å². The minimum atomic E-state index is -0.109. The Labute approximate surface area is 158 Å². The van der Waals surface area contributed by atoms with E-state index in [1.165, 1.54) is 6.92 Å². The van der Waals surface area contributed by atoms with Crippen LogP contribution in [-0.4, -0.2) is 17.8 Å². The molecule has 0 atom stereocenters. The summed E-state index contributed by atoms with van der Waals surface area (Å²) in [6, 6.07) is 0. The first-order chi connectivity index (χ1) is 12.1. The lowest BCUT2D eigenvalue weighted by atomic mass is 9.93. The van der Waals surface area contributed by atoms with Gasteiger partial charge in [-0.1, -0.05) is 45.4 Å². The molecule has 0 aliphatic carbocycles. The molecular weight excluding hydrogens is 322 g/mol. The van der Waals surface area contributed by atoms with Crippen molar-refractivity contribution in [3.8, 4) is 0 Å². The molecule has 3 nitrogen and oxygen atoms in total. The molecule has 0 rings (SSSR count). The van der Waals surface area contributed by atoms with Crippen LogP contribution in [0.15, 0.2) is 77.0 Å². The molecule has 0 heterocycles. The van der Waals surface area contributed by atoms with E-state index in [4.69, 9.17) is 0 Å². The van der Waals surface area contributed by atoms with Crippen molar-refractivity contribution in [1.82, 2.24) is 0 Å². The number of allylic oxidation sites excluding steroid dienone is 7. The summed E-state index contributed by atoms with van der Waals surface area (Å²) >= 11 is 0. The van der Waals surface area contributed by atoms with E-state index in [1.54, 1.807) is 6.21 Å². The van der Waals surface area contributed by atoms with Crippen LogP contribution >= 0.6 is 0 Å². The van der Waals surface area contributed by atoms with Gasteiger partial charge in [-0.2, -0.15) is 0 Å². The van der Waals surface area contributed by atoms with Gasteiger partial charge >= 0.3 is 0 Å². The van der Waals surface area contributed by atoms with E-state index in [0.717, 1.165) is 34.4 Å². The number of carbonyl (C=O) groups is 2. The standard InChI is InChI=1S/C23H31NO2/c1-9-11-21(23(17(5)10-2)24-15-16(3)4)18(6)14-19(7)22(26)13-12-20(8)25/h9,11,15H,3,5-7,10,12-14H2,1-2,4,8H3. The van der Waals surface area contributed by atoms with Gasteiger partial charge in [-0.15, -0.1) is 0 Å². The largest absolute Gasteiger partial charge is 0.300 e. The van der Waals surface area contributed by atoms with E-state index in [0.29, 0.717) is 12.0 Å². The van der Waals surface area contributed by atoms with Gasteiger partial charge < -0.3 is 4.79 Å². The van der Waals surface area contributed by atoms with Crippen molar-refractivity contribution in [3.05, 3.63) is 72.0 Å². The Morgan fingerprint density at radius 2 is 1.58 bits per heavy atom. The number of rotatable bonds is 12. The van der Waals surface area contributed by atoms with E-state index in [9.17, 15) is 9.59 Å². The van der Waals surface area contributed by atoms with Gasteiger partial charge in [0.25, 0.3) is 0 Å². The van der Waals surface area contributed by atoms with Gasteiger partial charge in [-0.05, 0) is 49.5 Å². The van der Waals surface area contributed by atoms with Crippen LogP contribution in [0.4, 0.5) is 0 Å². The zero-order chi connectivity index (χ0) is 20.3. The molecule has 140 valence electrons. The van der Waals surface area contributed by atoms with E-state index in [-0.39, 0.29) is 24.4 Å². The Hall–Kier alpha value is -2.55. The highest BCUT2D eigenvalue weighted by atomic mass is 16.1. The third-order valence-corrected chi connectivity index (χ3v) is 3.67. The second-order valence-corrected chi connectivity index (χ2v) is 6.33. The first-order valence-corrected chi connectivity index (χ1v) is 8.77. The van der Waals surface area contributed by atoms with Gasteiger partial charge in [0.1, 0.15) is 5.78 Å². The molecule has 26 heavy (non-hydrogen) atoms. The second-order valence-electron chi connectivity index (χ2n) is 6.33. The fourth-order valence-corrected chi connectivity index (χ4v) is 2.14. The molecule has 0 aliphatic rings. The summed E-state index contributed by atoms with van der Waals surface area (Å²) in [4.78, 5) is 27.7. The Kier molecular flexibility index (Phi) is 10.7. The normalized spacial score (nSPS) is 12.2. The zero-order valence-corrected chi connectivity index (χ0v) is 16.7. The van der Waals surface area contributed by atoms with Crippen LogP contribution in [0.2, 0.25) is 0 Å². The average Bonchev–Trinajstić information content (AvgIpc) is 2.57. The molecule has 0 amide bonds. The highest BCUT2D eigenvalue weighted by Crippen LogP contribution is 2.27. The first kappa shape index (κ1) is 23.4. The van der Waals surface area contributed by atoms with Crippen LogP contribution in [0.25, 0.3) is 0 Å².